The number of amides is 1. The fraction of sp³-hybridized carbons (Fsp3) is 0.429. The zero-order valence-electron chi connectivity index (χ0n) is 11.5. The number of alkyl halides is 3. The first-order valence-electron chi connectivity index (χ1n) is 6.56. The van der Waals surface area contributed by atoms with Crippen molar-refractivity contribution in [2.75, 3.05) is 18.8 Å². The molecule has 0 aliphatic carbocycles. The molecule has 1 heterocycles. The average molecular weight is 352 g/mol. The van der Waals surface area contributed by atoms with Crippen LogP contribution >= 0.6 is 23.4 Å². The van der Waals surface area contributed by atoms with Gasteiger partial charge in [-0.1, -0.05) is 11.6 Å². The van der Waals surface area contributed by atoms with Gasteiger partial charge < -0.3 is 4.90 Å². The molecular formula is C14H13ClF3NO2S. The highest BCUT2D eigenvalue weighted by molar-refractivity contribution is 8.00. The first-order chi connectivity index (χ1) is 10.3. The van der Waals surface area contributed by atoms with E-state index in [-0.39, 0.29) is 22.5 Å². The third-order valence-corrected chi connectivity index (χ3v) is 4.77. The number of piperidine rings is 1. The number of ketones is 1. The summed E-state index contributed by atoms with van der Waals surface area (Å²) in [5.41, 5.74) is -0.817. The summed E-state index contributed by atoms with van der Waals surface area (Å²) < 4.78 is 37.6. The van der Waals surface area contributed by atoms with Crippen molar-refractivity contribution in [2.24, 2.45) is 0 Å². The molecule has 1 amide bonds. The molecule has 0 bridgehead atoms. The van der Waals surface area contributed by atoms with E-state index >= 15 is 0 Å². The fourth-order valence-corrected chi connectivity index (χ4v) is 3.20. The highest BCUT2D eigenvalue weighted by Gasteiger charge is 2.31. The summed E-state index contributed by atoms with van der Waals surface area (Å²) in [6.07, 6.45) is -3.72. The van der Waals surface area contributed by atoms with Gasteiger partial charge in [0.25, 0.3) is 0 Å². The molecular weight excluding hydrogens is 339 g/mol. The lowest BCUT2D eigenvalue weighted by atomic mass is 10.1. The summed E-state index contributed by atoms with van der Waals surface area (Å²) in [6.45, 7) is 0.804. The van der Waals surface area contributed by atoms with Crippen molar-refractivity contribution in [3.8, 4) is 0 Å². The van der Waals surface area contributed by atoms with Crippen LogP contribution in [0.3, 0.4) is 0 Å². The van der Waals surface area contributed by atoms with E-state index in [4.69, 9.17) is 11.6 Å². The number of carbonyl (C=O) groups excluding carboxylic acids is 2. The van der Waals surface area contributed by atoms with Gasteiger partial charge in [-0.25, -0.2) is 0 Å². The van der Waals surface area contributed by atoms with Crippen molar-refractivity contribution < 1.29 is 22.8 Å². The van der Waals surface area contributed by atoms with Crippen molar-refractivity contribution in [3.05, 3.63) is 28.8 Å². The molecule has 1 aromatic carbocycles. The van der Waals surface area contributed by atoms with Crippen LogP contribution in [-0.2, 0) is 15.8 Å². The number of thioether (sulfide) groups is 1. The average Bonchev–Trinajstić information content (AvgIpc) is 2.45. The Balaban J connectivity index is 1.94. The molecule has 2 rings (SSSR count). The van der Waals surface area contributed by atoms with E-state index in [1.54, 1.807) is 4.90 Å². The van der Waals surface area contributed by atoms with E-state index in [1.807, 2.05) is 0 Å². The minimum absolute atomic E-state index is 0.0264. The van der Waals surface area contributed by atoms with Gasteiger partial charge in [-0.05, 0) is 18.2 Å². The van der Waals surface area contributed by atoms with Crippen LogP contribution in [0, 0.1) is 0 Å². The Morgan fingerprint density at radius 1 is 1.27 bits per heavy atom. The van der Waals surface area contributed by atoms with E-state index in [0.717, 1.165) is 23.9 Å². The minimum atomic E-state index is -4.44. The Bertz CT molecular complexity index is 582. The highest BCUT2D eigenvalue weighted by Crippen LogP contribution is 2.35. The third kappa shape index (κ3) is 4.39. The second-order valence-electron chi connectivity index (χ2n) is 4.85. The van der Waals surface area contributed by atoms with Crippen LogP contribution in [0.5, 0.6) is 0 Å². The second kappa shape index (κ2) is 6.91. The number of Topliss-reactive ketones (excluding diaryl/α,β-unsaturated/α-hetero) is 1. The van der Waals surface area contributed by atoms with E-state index in [0.29, 0.717) is 30.8 Å². The number of hydrogen-bond donors (Lipinski definition) is 0. The molecule has 3 nitrogen and oxygen atoms in total. The number of likely N-dealkylation sites (tertiary alicyclic amines) is 1. The summed E-state index contributed by atoms with van der Waals surface area (Å²) in [4.78, 5) is 25.1. The van der Waals surface area contributed by atoms with E-state index in [2.05, 4.69) is 0 Å². The lowest BCUT2D eigenvalue weighted by molar-refractivity contribution is -0.137. The molecule has 1 aromatic rings. The monoisotopic (exact) mass is 351 g/mol. The highest BCUT2D eigenvalue weighted by atomic mass is 35.5. The Labute approximate surface area is 134 Å². The lowest BCUT2D eigenvalue weighted by Crippen LogP contribution is -2.39. The largest absolute Gasteiger partial charge is 0.416 e. The Morgan fingerprint density at radius 2 is 1.91 bits per heavy atom. The molecule has 1 aliphatic heterocycles. The van der Waals surface area contributed by atoms with Gasteiger partial charge in [-0.3, -0.25) is 9.59 Å². The molecule has 0 unspecified atom stereocenters. The number of carbonyl (C=O) groups is 2. The van der Waals surface area contributed by atoms with Crippen LogP contribution < -0.4 is 0 Å². The summed E-state index contributed by atoms with van der Waals surface area (Å²) in [5.74, 6) is 0.0789. The van der Waals surface area contributed by atoms with Crippen LogP contribution in [0.25, 0.3) is 0 Å². The molecule has 120 valence electrons. The van der Waals surface area contributed by atoms with Gasteiger partial charge in [0.2, 0.25) is 5.91 Å². The van der Waals surface area contributed by atoms with Crippen molar-refractivity contribution in [3.63, 3.8) is 0 Å². The van der Waals surface area contributed by atoms with Gasteiger partial charge >= 0.3 is 6.18 Å². The van der Waals surface area contributed by atoms with E-state index < -0.39 is 11.7 Å². The van der Waals surface area contributed by atoms with Gasteiger partial charge in [0.1, 0.15) is 5.78 Å². The van der Waals surface area contributed by atoms with Gasteiger partial charge in [-0.15, -0.1) is 11.8 Å². The van der Waals surface area contributed by atoms with E-state index in [1.165, 1.54) is 6.07 Å². The zero-order valence-corrected chi connectivity index (χ0v) is 13.0. The Hall–Kier alpha value is -1.21. The molecule has 1 aliphatic rings. The Morgan fingerprint density at radius 3 is 2.45 bits per heavy atom. The molecule has 0 atom stereocenters. The molecule has 0 radical (unpaired) electrons. The minimum Gasteiger partial charge on any atom is -0.341 e. The number of nitrogens with zero attached hydrogens (tertiary/aromatic N) is 1. The van der Waals surface area contributed by atoms with Crippen molar-refractivity contribution in [1.29, 1.82) is 0 Å². The number of halogens is 4. The maximum atomic E-state index is 12.5. The quantitative estimate of drug-likeness (QED) is 0.780. The molecule has 0 saturated carbocycles. The van der Waals surface area contributed by atoms with Gasteiger partial charge in [-0.2, -0.15) is 13.2 Å². The van der Waals surface area contributed by atoms with Crippen molar-refractivity contribution >= 4 is 35.1 Å². The molecule has 22 heavy (non-hydrogen) atoms. The molecule has 8 heteroatoms. The van der Waals surface area contributed by atoms with Crippen molar-refractivity contribution in [2.45, 2.75) is 23.9 Å². The summed E-state index contributed by atoms with van der Waals surface area (Å²) in [5, 5.41) is -0.0264. The predicted molar refractivity (Wildman–Crippen MR) is 78.0 cm³/mol. The fourth-order valence-electron chi connectivity index (χ4n) is 2.03. The summed E-state index contributed by atoms with van der Waals surface area (Å²) >= 11 is 6.93. The van der Waals surface area contributed by atoms with Crippen LogP contribution in [0.4, 0.5) is 13.2 Å². The van der Waals surface area contributed by atoms with E-state index in [9.17, 15) is 22.8 Å². The summed E-state index contributed by atoms with van der Waals surface area (Å²) in [7, 11) is 0. The molecule has 0 N–H and O–H groups in total. The standard InChI is InChI=1S/C14H13ClF3NO2S/c15-11-7-9(14(16,17)18)1-2-12(11)22-8-13(21)19-5-3-10(20)4-6-19/h1-2,7H,3-6,8H2. The van der Waals surface area contributed by atoms with Gasteiger partial charge in [0, 0.05) is 30.8 Å². The SMILES string of the molecule is O=C1CCN(C(=O)CSc2ccc(C(F)(F)F)cc2Cl)CC1. The lowest BCUT2D eigenvalue weighted by Gasteiger charge is -2.25. The molecule has 1 saturated heterocycles. The summed E-state index contributed by atoms with van der Waals surface area (Å²) in [6, 6.07) is 3.06. The predicted octanol–water partition coefficient (Wildman–Crippen LogP) is 3.64. The second-order valence-corrected chi connectivity index (χ2v) is 6.28. The van der Waals surface area contributed by atoms with Crippen LogP contribution in [-0.4, -0.2) is 35.4 Å². The number of rotatable bonds is 3. The molecule has 0 aromatic heterocycles. The maximum absolute atomic E-state index is 12.5. The first kappa shape index (κ1) is 17.1. The number of benzene rings is 1. The first-order valence-corrected chi connectivity index (χ1v) is 7.93. The smallest absolute Gasteiger partial charge is 0.341 e. The van der Waals surface area contributed by atoms with Gasteiger partial charge in [0.15, 0.2) is 0 Å². The van der Waals surface area contributed by atoms with Crippen LogP contribution in [0.2, 0.25) is 5.02 Å². The zero-order chi connectivity index (χ0) is 16.3. The van der Waals surface area contributed by atoms with Gasteiger partial charge in [0.05, 0.1) is 16.3 Å². The van der Waals surface area contributed by atoms with Crippen LogP contribution in [0.15, 0.2) is 23.1 Å². The number of hydrogen-bond acceptors (Lipinski definition) is 3. The Kier molecular flexibility index (Phi) is 5.39. The molecule has 1 fully saturated rings. The molecule has 0 spiro atoms. The van der Waals surface area contributed by atoms with Crippen molar-refractivity contribution in [1.82, 2.24) is 4.90 Å². The topological polar surface area (TPSA) is 37.4 Å². The maximum Gasteiger partial charge on any atom is 0.416 e. The van der Waals surface area contributed by atoms with Crippen LogP contribution in [0.1, 0.15) is 18.4 Å². The normalized spacial score (nSPS) is 16.0. The third-order valence-electron chi connectivity index (χ3n) is 3.28.